The minimum Gasteiger partial charge on any atom is -0.505 e. The predicted octanol–water partition coefficient (Wildman–Crippen LogP) is 3.11. The van der Waals surface area contributed by atoms with Crippen LogP contribution in [0.5, 0.6) is 5.75 Å². The molecule has 0 unspecified atom stereocenters. The topological polar surface area (TPSA) is 62.2 Å². The van der Waals surface area contributed by atoms with Gasteiger partial charge >= 0.3 is 0 Å². The van der Waals surface area contributed by atoms with Crippen molar-refractivity contribution < 1.29 is 9.90 Å². The van der Waals surface area contributed by atoms with Gasteiger partial charge in [0, 0.05) is 16.4 Å². The molecule has 0 aliphatic carbocycles. The van der Waals surface area contributed by atoms with Gasteiger partial charge in [-0.25, -0.2) is 4.98 Å². The summed E-state index contributed by atoms with van der Waals surface area (Å²) in [5, 5.41) is 12.2. The number of aryl methyl sites for hydroxylation is 1. The van der Waals surface area contributed by atoms with Gasteiger partial charge in [-0.2, -0.15) is 0 Å². The number of aromatic nitrogens is 1. The van der Waals surface area contributed by atoms with E-state index in [1.54, 1.807) is 18.2 Å². The van der Waals surface area contributed by atoms with Gasteiger partial charge < -0.3 is 10.4 Å². The van der Waals surface area contributed by atoms with Gasteiger partial charge in [0.15, 0.2) is 5.69 Å². The van der Waals surface area contributed by atoms with E-state index in [1.807, 2.05) is 13.0 Å². The largest absolute Gasteiger partial charge is 0.505 e. The number of hydrogen-bond donors (Lipinski definition) is 2. The van der Waals surface area contributed by atoms with Crippen molar-refractivity contribution in [1.82, 2.24) is 4.98 Å². The normalized spacial score (nSPS) is 10.1. The standard InChI is InChI=1S/C13H11BrN2O2/c1-8-4-5-9(7-10(8)14)16-13(18)12-11(17)3-2-6-15-12/h2-7,17H,1H3,(H,16,18). The fourth-order valence-corrected chi connectivity index (χ4v) is 1.81. The van der Waals surface area contributed by atoms with Crippen LogP contribution >= 0.6 is 15.9 Å². The maximum absolute atomic E-state index is 11.9. The van der Waals surface area contributed by atoms with Gasteiger partial charge in [-0.15, -0.1) is 0 Å². The second-order valence-electron chi connectivity index (χ2n) is 3.79. The molecular weight excluding hydrogens is 296 g/mol. The van der Waals surface area contributed by atoms with E-state index >= 15 is 0 Å². The van der Waals surface area contributed by atoms with Crippen LogP contribution in [-0.4, -0.2) is 16.0 Å². The van der Waals surface area contributed by atoms with Crippen LogP contribution in [0.4, 0.5) is 5.69 Å². The van der Waals surface area contributed by atoms with Gasteiger partial charge in [0.2, 0.25) is 0 Å². The quantitative estimate of drug-likeness (QED) is 0.896. The Bertz CT molecular complexity index is 599. The summed E-state index contributed by atoms with van der Waals surface area (Å²) >= 11 is 3.39. The summed E-state index contributed by atoms with van der Waals surface area (Å²) in [6.07, 6.45) is 1.46. The minimum absolute atomic E-state index is 0.00852. The Morgan fingerprint density at radius 2 is 2.17 bits per heavy atom. The van der Waals surface area contributed by atoms with Crippen molar-refractivity contribution in [2.75, 3.05) is 5.32 Å². The molecule has 4 nitrogen and oxygen atoms in total. The lowest BCUT2D eigenvalue weighted by Gasteiger charge is -2.07. The monoisotopic (exact) mass is 306 g/mol. The zero-order valence-corrected chi connectivity index (χ0v) is 11.2. The molecule has 1 aromatic heterocycles. The smallest absolute Gasteiger partial charge is 0.278 e. The lowest BCUT2D eigenvalue weighted by Crippen LogP contribution is -2.13. The van der Waals surface area contributed by atoms with Crippen molar-refractivity contribution in [1.29, 1.82) is 0 Å². The molecule has 2 aromatic rings. The molecule has 0 saturated carbocycles. The number of pyridine rings is 1. The maximum Gasteiger partial charge on any atom is 0.278 e. The average molecular weight is 307 g/mol. The molecule has 5 heteroatoms. The third kappa shape index (κ3) is 2.68. The molecular formula is C13H11BrN2O2. The number of aromatic hydroxyl groups is 1. The summed E-state index contributed by atoms with van der Waals surface area (Å²) in [5.41, 5.74) is 1.73. The van der Waals surface area contributed by atoms with Crippen LogP contribution in [0.2, 0.25) is 0 Å². The fraction of sp³-hybridized carbons (Fsp3) is 0.0769. The summed E-state index contributed by atoms with van der Waals surface area (Å²) in [6.45, 7) is 1.96. The number of anilines is 1. The number of halogens is 1. The molecule has 0 radical (unpaired) electrons. The molecule has 18 heavy (non-hydrogen) atoms. The first kappa shape index (κ1) is 12.6. The Labute approximate surface area is 113 Å². The van der Waals surface area contributed by atoms with Crippen molar-refractivity contribution in [2.45, 2.75) is 6.92 Å². The van der Waals surface area contributed by atoms with Crippen LogP contribution in [0.25, 0.3) is 0 Å². The highest BCUT2D eigenvalue weighted by Crippen LogP contribution is 2.22. The van der Waals surface area contributed by atoms with E-state index < -0.39 is 5.91 Å². The number of benzene rings is 1. The van der Waals surface area contributed by atoms with Crippen LogP contribution in [0.15, 0.2) is 41.0 Å². The van der Waals surface area contributed by atoms with E-state index in [-0.39, 0.29) is 11.4 Å². The van der Waals surface area contributed by atoms with Crippen LogP contribution in [-0.2, 0) is 0 Å². The third-order valence-corrected chi connectivity index (χ3v) is 3.29. The molecule has 0 aliphatic heterocycles. The van der Waals surface area contributed by atoms with Crippen molar-refractivity contribution in [3.05, 3.63) is 52.3 Å². The molecule has 92 valence electrons. The van der Waals surface area contributed by atoms with Crippen LogP contribution in [0.3, 0.4) is 0 Å². The minimum atomic E-state index is -0.441. The predicted molar refractivity (Wildman–Crippen MR) is 72.7 cm³/mol. The van der Waals surface area contributed by atoms with Crippen molar-refractivity contribution in [3.63, 3.8) is 0 Å². The third-order valence-electron chi connectivity index (χ3n) is 2.43. The molecule has 2 rings (SSSR count). The first-order valence-corrected chi connectivity index (χ1v) is 6.08. The molecule has 0 aliphatic rings. The molecule has 0 spiro atoms. The summed E-state index contributed by atoms with van der Waals surface area (Å²) in [5.74, 6) is -0.579. The van der Waals surface area contributed by atoms with Gasteiger partial charge in [0.1, 0.15) is 5.75 Å². The fourth-order valence-electron chi connectivity index (χ4n) is 1.43. The Hall–Kier alpha value is -1.88. The summed E-state index contributed by atoms with van der Waals surface area (Å²) < 4.78 is 0.908. The van der Waals surface area contributed by atoms with E-state index in [4.69, 9.17) is 0 Å². The molecule has 1 amide bonds. The first-order chi connectivity index (χ1) is 8.58. The van der Waals surface area contributed by atoms with Gasteiger partial charge in [-0.1, -0.05) is 22.0 Å². The lowest BCUT2D eigenvalue weighted by atomic mass is 10.2. The summed E-state index contributed by atoms with van der Waals surface area (Å²) in [7, 11) is 0. The van der Waals surface area contributed by atoms with E-state index in [2.05, 4.69) is 26.2 Å². The van der Waals surface area contributed by atoms with Crippen LogP contribution < -0.4 is 5.32 Å². The number of carbonyl (C=O) groups excluding carboxylic acids is 1. The maximum atomic E-state index is 11.9. The number of nitrogens with one attached hydrogen (secondary N) is 1. The molecule has 1 aromatic carbocycles. The zero-order chi connectivity index (χ0) is 13.1. The average Bonchev–Trinajstić information content (AvgIpc) is 2.34. The Kier molecular flexibility index (Phi) is 3.62. The van der Waals surface area contributed by atoms with Gasteiger partial charge in [0.25, 0.3) is 5.91 Å². The number of nitrogens with zero attached hydrogens (tertiary/aromatic N) is 1. The highest BCUT2D eigenvalue weighted by atomic mass is 79.9. The van der Waals surface area contributed by atoms with Crippen molar-refractivity contribution >= 4 is 27.5 Å². The van der Waals surface area contributed by atoms with Crippen LogP contribution in [0.1, 0.15) is 16.1 Å². The number of hydrogen-bond acceptors (Lipinski definition) is 3. The summed E-state index contributed by atoms with van der Waals surface area (Å²) in [4.78, 5) is 15.7. The van der Waals surface area contributed by atoms with E-state index in [0.29, 0.717) is 5.69 Å². The highest BCUT2D eigenvalue weighted by molar-refractivity contribution is 9.10. The van der Waals surface area contributed by atoms with Crippen molar-refractivity contribution in [2.24, 2.45) is 0 Å². The van der Waals surface area contributed by atoms with E-state index in [0.717, 1.165) is 10.0 Å². The number of amides is 1. The molecule has 1 heterocycles. The SMILES string of the molecule is Cc1ccc(NC(=O)c2ncccc2O)cc1Br. The Balaban J connectivity index is 2.22. The number of carbonyl (C=O) groups is 1. The van der Waals surface area contributed by atoms with Crippen LogP contribution in [0, 0.1) is 6.92 Å². The molecule has 0 fully saturated rings. The van der Waals surface area contributed by atoms with Gasteiger partial charge in [0.05, 0.1) is 0 Å². The molecule has 0 saturated heterocycles. The number of rotatable bonds is 2. The highest BCUT2D eigenvalue weighted by Gasteiger charge is 2.12. The zero-order valence-electron chi connectivity index (χ0n) is 9.64. The van der Waals surface area contributed by atoms with E-state index in [1.165, 1.54) is 12.3 Å². The molecule has 0 bridgehead atoms. The van der Waals surface area contributed by atoms with Gasteiger partial charge in [-0.05, 0) is 36.8 Å². The second-order valence-corrected chi connectivity index (χ2v) is 4.64. The lowest BCUT2D eigenvalue weighted by molar-refractivity contribution is 0.101. The Morgan fingerprint density at radius 3 is 2.83 bits per heavy atom. The van der Waals surface area contributed by atoms with E-state index in [9.17, 15) is 9.90 Å². The summed E-state index contributed by atoms with van der Waals surface area (Å²) in [6, 6.07) is 8.46. The Morgan fingerprint density at radius 1 is 1.39 bits per heavy atom. The van der Waals surface area contributed by atoms with Gasteiger partial charge in [-0.3, -0.25) is 4.79 Å². The first-order valence-electron chi connectivity index (χ1n) is 5.29. The molecule has 0 atom stereocenters. The molecule has 2 N–H and O–H groups in total. The second kappa shape index (κ2) is 5.18. The van der Waals surface area contributed by atoms with Crippen molar-refractivity contribution in [3.8, 4) is 5.75 Å².